The molecule has 276 valence electrons. The second-order valence-electron chi connectivity index (χ2n) is 15.8. The first-order chi connectivity index (χ1) is 28.9. The molecule has 0 saturated carbocycles. The molecule has 0 aliphatic rings. The molecule has 6 nitrogen and oxygen atoms in total. The maximum Gasteiger partial charge on any atom is 0.104 e. The number of benzene rings is 8. The predicted octanol–water partition coefficient (Wildman–Crippen LogP) is 12.9. The maximum absolute atomic E-state index is 11.7. The van der Waals surface area contributed by atoms with Crippen LogP contribution in [0, 0.1) is 29.6 Å². The molecule has 6 heteroatoms. The highest BCUT2D eigenvalue weighted by Gasteiger charge is 2.26. The summed E-state index contributed by atoms with van der Waals surface area (Å²) in [7, 11) is 4.26. The minimum Gasteiger partial charge on any atom is -0.344 e. The van der Waals surface area contributed by atoms with Crippen molar-refractivity contribution >= 4 is 87.2 Å². The van der Waals surface area contributed by atoms with E-state index in [4.69, 9.17) is 0 Å². The van der Waals surface area contributed by atoms with Gasteiger partial charge in [-0.15, -0.1) is 0 Å². The van der Waals surface area contributed by atoms with Crippen LogP contribution in [0.15, 0.2) is 152 Å². The number of rotatable bonds is 3. The summed E-state index contributed by atoms with van der Waals surface area (Å²) in [4.78, 5) is 0. The monoisotopic (exact) mass is 754 g/mol. The molecule has 0 aliphatic heterocycles. The van der Waals surface area contributed by atoms with E-state index in [1.54, 1.807) is 0 Å². The Labute approximate surface area is 338 Å². The zero-order valence-corrected chi connectivity index (χ0v) is 32.6. The first-order valence-electron chi connectivity index (χ1n) is 19.8. The van der Waals surface area contributed by atoms with Crippen molar-refractivity contribution in [2.75, 3.05) is 0 Å². The molecule has 0 atom stereocenters. The van der Waals surface area contributed by atoms with Crippen LogP contribution in [0.4, 0.5) is 0 Å². The molecular weight excluding hydrogens is 721 g/mol. The van der Waals surface area contributed by atoms with E-state index in [1.807, 2.05) is 19.1 Å². The second kappa shape index (κ2) is 12.0. The molecule has 4 heterocycles. The topological polar surface area (TPSA) is 67.3 Å². The van der Waals surface area contributed by atoms with E-state index in [1.165, 1.54) is 0 Å². The van der Waals surface area contributed by atoms with Gasteiger partial charge in [0.05, 0.1) is 56.1 Å². The Kier molecular flexibility index (Phi) is 6.72. The fraction of sp³-hybridized carbons (Fsp3) is 0.0566. The molecule has 4 aromatic heterocycles. The van der Waals surface area contributed by atoms with E-state index >= 15 is 0 Å². The van der Waals surface area contributed by atoms with Crippen LogP contribution >= 0.6 is 0 Å². The zero-order chi connectivity index (χ0) is 39.7. The van der Waals surface area contributed by atoms with Gasteiger partial charge in [-0.05, 0) is 84.3 Å². The summed E-state index contributed by atoms with van der Waals surface area (Å²) in [5, 5.41) is 31.0. The van der Waals surface area contributed by atoms with E-state index in [9.17, 15) is 10.5 Å². The third kappa shape index (κ3) is 4.38. The number of aryl methyl sites for hydroxylation is 3. The number of nitriles is 2. The van der Waals surface area contributed by atoms with E-state index in [0.717, 1.165) is 115 Å². The summed E-state index contributed by atoms with van der Waals surface area (Å²) in [6.07, 6.45) is 0. The highest BCUT2D eigenvalue weighted by atomic mass is 15.0. The van der Waals surface area contributed by atoms with Gasteiger partial charge in [0.25, 0.3) is 0 Å². The van der Waals surface area contributed by atoms with Crippen LogP contribution in [0.2, 0.25) is 0 Å². The summed E-state index contributed by atoms with van der Waals surface area (Å²) in [6, 6.07) is 58.7. The second-order valence-corrected chi connectivity index (χ2v) is 15.8. The molecule has 12 rings (SSSR count). The molecule has 0 amide bonds. The van der Waals surface area contributed by atoms with Crippen molar-refractivity contribution in [2.24, 2.45) is 14.1 Å². The smallest absolute Gasteiger partial charge is 0.104 e. The Bertz CT molecular complexity index is 3690. The summed E-state index contributed by atoms with van der Waals surface area (Å²) in [5.74, 6) is 0. The van der Waals surface area contributed by atoms with Crippen molar-refractivity contribution in [3.05, 3.63) is 168 Å². The average molecular weight is 755 g/mol. The highest BCUT2D eigenvalue weighted by molar-refractivity contribution is 6.27. The number of fused-ring (bicyclic) bond motifs is 14. The van der Waals surface area contributed by atoms with Gasteiger partial charge < -0.3 is 18.3 Å². The summed E-state index contributed by atoms with van der Waals surface area (Å²) < 4.78 is 9.19. The lowest BCUT2D eigenvalue weighted by molar-refractivity contribution is 1.01. The Morgan fingerprint density at radius 2 is 0.847 bits per heavy atom. The summed E-state index contributed by atoms with van der Waals surface area (Å²) >= 11 is 0. The van der Waals surface area contributed by atoms with Crippen molar-refractivity contribution in [3.63, 3.8) is 0 Å². The summed E-state index contributed by atoms with van der Waals surface area (Å²) in [6.45, 7) is 2.03. The molecule has 12 aromatic rings. The van der Waals surface area contributed by atoms with Crippen molar-refractivity contribution < 1.29 is 0 Å². The molecule has 0 bridgehead atoms. The number of hydrogen-bond donors (Lipinski definition) is 0. The van der Waals surface area contributed by atoms with Gasteiger partial charge in [-0.3, -0.25) is 0 Å². The molecular formula is C53H34N6. The molecule has 0 unspecified atom stereocenters. The van der Waals surface area contributed by atoms with Gasteiger partial charge >= 0.3 is 0 Å². The van der Waals surface area contributed by atoms with Crippen LogP contribution in [0.5, 0.6) is 0 Å². The van der Waals surface area contributed by atoms with Gasteiger partial charge in [-0.25, -0.2) is 0 Å². The molecule has 0 spiro atoms. The first kappa shape index (κ1) is 33.1. The van der Waals surface area contributed by atoms with E-state index in [2.05, 4.69) is 184 Å². The average Bonchev–Trinajstić information content (AvgIpc) is 3.98. The Morgan fingerprint density at radius 3 is 1.32 bits per heavy atom. The lowest BCUT2D eigenvalue weighted by Gasteiger charge is -2.19. The standard InChI is InChI=1S/C53H34N6/c1-31-24-32(29-54)26-33(25-31)34-27-48(58-44-18-10-4-12-35(44)37-20-22-46-50(52(37)58)39-14-6-8-16-42(39)56(46)2)41(30-55)49(28-34)59-45-19-11-5-13-36(45)38-21-23-47-51(53(38)59)40-15-7-9-17-43(40)57(47)3/h4-28H,1-3H3. The fourth-order valence-electron chi connectivity index (χ4n) is 10.2. The Balaban J connectivity index is 1.33. The lowest BCUT2D eigenvalue weighted by Crippen LogP contribution is -2.05. The van der Waals surface area contributed by atoms with Crippen LogP contribution < -0.4 is 0 Å². The number of aromatic nitrogens is 4. The third-order valence-corrected chi connectivity index (χ3v) is 12.7. The molecule has 0 radical (unpaired) electrons. The normalized spacial score (nSPS) is 11.9. The quantitative estimate of drug-likeness (QED) is 0.180. The van der Waals surface area contributed by atoms with E-state index in [0.29, 0.717) is 11.1 Å². The van der Waals surface area contributed by atoms with Crippen molar-refractivity contribution in [3.8, 4) is 34.6 Å². The van der Waals surface area contributed by atoms with Gasteiger partial charge in [0.2, 0.25) is 0 Å². The van der Waals surface area contributed by atoms with Crippen LogP contribution in [0.25, 0.3) is 110 Å². The molecule has 0 fully saturated rings. The molecule has 8 aromatic carbocycles. The maximum atomic E-state index is 11.7. The Morgan fingerprint density at radius 1 is 0.407 bits per heavy atom. The van der Waals surface area contributed by atoms with Crippen molar-refractivity contribution in [2.45, 2.75) is 6.92 Å². The minimum atomic E-state index is 0.557. The zero-order valence-electron chi connectivity index (χ0n) is 32.6. The minimum absolute atomic E-state index is 0.557. The third-order valence-electron chi connectivity index (χ3n) is 12.7. The summed E-state index contributed by atoms with van der Waals surface area (Å²) in [5.41, 5.74) is 14.2. The number of para-hydroxylation sites is 4. The molecule has 0 aliphatic carbocycles. The molecule has 59 heavy (non-hydrogen) atoms. The Hall–Kier alpha value is -8.06. The van der Waals surface area contributed by atoms with Gasteiger partial charge in [0, 0.05) is 68.2 Å². The highest BCUT2D eigenvalue weighted by Crippen LogP contribution is 2.45. The van der Waals surface area contributed by atoms with Crippen LogP contribution in [-0.2, 0) is 14.1 Å². The van der Waals surface area contributed by atoms with E-state index in [-0.39, 0.29) is 0 Å². The lowest BCUT2D eigenvalue weighted by atomic mass is 9.97. The SMILES string of the molecule is Cc1cc(C#N)cc(-c2cc(-n3c4ccccc4c4ccc5c(c6ccccc6n5C)c43)c(C#N)c(-n3c4ccccc4c4ccc5c(c6ccccc6n5C)c43)c2)c1. The van der Waals surface area contributed by atoms with Gasteiger partial charge in [0.1, 0.15) is 11.6 Å². The van der Waals surface area contributed by atoms with Crippen molar-refractivity contribution in [1.29, 1.82) is 10.5 Å². The largest absolute Gasteiger partial charge is 0.344 e. The van der Waals surface area contributed by atoms with Gasteiger partial charge in [0.15, 0.2) is 0 Å². The van der Waals surface area contributed by atoms with Crippen LogP contribution in [0.1, 0.15) is 16.7 Å². The van der Waals surface area contributed by atoms with Crippen LogP contribution in [-0.4, -0.2) is 18.3 Å². The number of hydrogen-bond acceptors (Lipinski definition) is 2. The molecule has 0 saturated heterocycles. The fourth-order valence-corrected chi connectivity index (χ4v) is 10.2. The van der Waals surface area contributed by atoms with Crippen molar-refractivity contribution in [1.82, 2.24) is 18.3 Å². The van der Waals surface area contributed by atoms with Gasteiger partial charge in [-0.1, -0.05) is 91.0 Å². The van der Waals surface area contributed by atoms with Crippen LogP contribution in [0.3, 0.4) is 0 Å². The number of nitrogens with zero attached hydrogens (tertiary/aromatic N) is 6. The van der Waals surface area contributed by atoms with E-state index < -0.39 is 0 Å². The predicted molar refractivity (Wildman–Crippen MR) is 243 cm³/mol. The molecule has 0 N–H and O–H groups in total. The van der Waals surface area contributed by atoms with Gasteiger partial charge in [-0.2, -0.15) is 10.5 Å². The first-order valence-corrected chi connectivity index (χ1v) is 19.8.